The number of para-hydroxylation sites is 1. The molecule has 0 N–H and O–H groups in total. The van der Waals surface area contributed by atoms with Crippen LogP contribution in [0.15, 0.2) is 35.4 Å². The number of nitrogens with zero attached hydrogens (tertiary/aromatic N) is 2. The number of carbonyl (C=O) groups excluding carboxylic acids is 1. The Kier molecular flexibility index (Phi) is 3.99. The molecule has 0 saturated heterocycles. The molecular formula is C14H16N2OS. The fraction of sp³-hybridized carbons (Fsp3) is 0.286. The lowest BCUT2D eigenvalue weighted by atomic mass is 10.1. The Balaban J connectivity index is 2.23. The number of hydrogen-bond donors (Lipinski definition) is 1. The predicted molar refractivity (Wildman–Crippen MR) is 76.3 cm³/mol. The molecule has 0 aliphatic heterocycles. The van der Waals surface area contributed by atoms with E-state index in [1.54, 1.807) is 6.20 Å². The van der Waals surface area contributed by atoms with Crippen LogP contribution in [-0.2, 0) is 11.2 Å². The Morgan fingerprint density at radius 2 is 2.17 bits per heavy atom. The molecule has 0 atom stereocenters. The molecule has 0 bridgehead atoms. The number of aromatic nitrogens is 1. The van der Waals surface area contributed by atoms with Crippen molar-refractivity contribution in [3.63, 3.8) is 0 Å². The second-order valence-electron chi connectivity index (χ2n) is 4.65. The van der Waals surface area contributed by atoms with E-state index in [9.17, 15) is 4.79 Å². The van der Waals surface area contributed by atoms with E-state index >= 15 is 0 Å². The van der Waals surface area contributed by atoms with Crippen molar-refractivity contribution >= 4 is 29.3 Å². The van der Waals surface area contributed by atoms with Crippen LogP contribution in [0.25, 0.3) is 10.9 Å². The molecule has 1 aromatic heterocycles. The highest BCUT2D eigenvalue weighted by atomic mass is 32.1. The quantitative estimate of drug-likeness (QED) is 0.856. The van der Waals surface area contributed by atoms with Gasteiger partial charge in [0, 0.05) is 22.9 Å². The molecule has 0 radical (unpaired) electrons. The molecule has 2 aromatic rings. The van der Waals surface area contributed by atoms with Gasteiger partial charge in [-0.1, -0.05) is 12.1 Å². The molecule has 2 rings (SSSR count). The van der Waals surface area contributed by atoms with Gasteiger partial charge >= 0.3 is 0 Å². The maximum Gasteiger partial charge on any atom is 0.151 e. The standard InChI is InChI=1S/C14H16N2OS/c1-16(2)9-12(17)7-10-6-11-4-3-5-13(18)14(11)15-8-10/h3-6,8,18H,7,9H2,1-2H3. The lowest BCUT2D eigenvalue weighted by molar-refractivity contribution is -0.119. The van der Waals surface area contributed by atoms with Crippen molar-refractivity contribution in [3.8, 4) is 0 Å². The summed E-state index contributed by atoms with van der Waals surface area (Å²) in [6, 6.07) is 7.85. The lowest BCUT2D eigenvalue weighted by Crippen LogP contribution is -2.22. The van der Waals surface area contributed by atoms with Crippen LogP contribution in [-0.4, -0.2) is 36.3 Å². The highest BCUT2D eigenvalue weighted by molar-refractivity contribution is 7.80. The lowest BCUT2D eigenvalue weighted by Gasteiger charge is -2.08. The minimum absolute atomic E-state index is 0.197. The summed E-state index contributed by atoms with van der Waals surface area (Å²) in [5.74, 6) is 0.197. The highest BCUT2D eigenvalue weighted by Gasteiger charge is 2.07. The zero-order valence-electron chi connectivity index (χ0n) is 10.6. The molecule has 0 fully saturated rings. The first-order valence-electron chi connectivity index (χ1n) is 5.79. The van der Waals surface area contributed by atoms with Crippen LogP contribution in [0.4, 0.5) is 0 Å². The number of likely N-dealkylation sites (N-methyl/N-ethyl adjacent to an activating group) is 1. The smallest absolute Gasteiger partial charge is 0.151 e. The van der Waals surface area contributed by atoms with E-state index in [-0.39, 0.29) is 5.78 Å². The van der Waals surface area contributed by atoms with Gasteiger partial charge < -0.3 is 4.90 Å². The van der Waals surface area contributed by atoms with Crippen molar-refractivity contribution in [3.05, 3.63) is 36.0 Å². The number of ketones is 1. The number of thiol groups is 1. The largest absolute Gasteiger partial charge is 0.302 e. The number of rotatable bonds is 4. The van der Waals surface area contributed by atoms with E-state index in [4.69, 9.17) is 0 Å². The molecule has 1 aromatic carbocycles. The summed E-state index contributed by atoms with van der Waals surface area (Å²) in [6.07, 6.45) is 2.19. The van der Waals surface area contributed by atoms with E-state index < -0.39 is 0 Å². The Morgan fingerprint density at radius 3 is 2.89 bits per heavy atom. The monoisotopic (exact) mass is 260 g/mol. The van der Waals surface area contributed by atoms with Crippen molar-refractivity contribution in [1.29, 1.82) is 0 Å². The first-order valence-corrected chi connectivity index (χ1v) is 6.24. The minimum atomic E-state index is 0.197. The molecule has 0 aliphatic rings. The SMILES string of the molecule is CN(C)CC(=O)Cc1cnc2c(S)cccc2c1. The Hall–Kier alpha value is -1.39. The number of carbonyl (C=O) groups is 1. The Bertz CT molecular complexity index is 581. The third-order valence-electron chi connectivity index (χ3n) is 2.64. The van der Waals surface area contributed by atoms with Gasteiger partial charge in [-0.25, -0.2) is 0 Å². The van der Waals surface area contributed by atoms with Gasteiger partial charge in [0.25, 0.3) is 0 Å². The third kappa shape index (κ3) is 3.09. The van der Waals surface area contributed by atoms with E-state index in [0.29, 0.717) is 13.0 Å². The number of pyridine rings is 1. The predicted octanol–water partition coefficient (Wildman–Crippen LogP) is 2.20. The molecule has 3 nitrogen and oxygen atoms in total. The van der Waals surface area contributed by atoms with E-state index in [2.05, 4.69) is 17.6 Å². The maximum absolute atomic E-state index is 11.7. The van der Waals surface area contributed by atoms with Gasteiger partial charge in [0.05, 0.1) is 12.1 Å². The molecule has 0 spiro atoms. The van der Waals surface area contributed by atoms with Crippen LogP contribution in [0, 0.1) is 0 Å². The summed E-state index contributed by atoms with van der Waals surface area (Å²) < 4.78 is 0. The molecule has 4 heteroatoms. The van der Waals surface area contributed by atoms with Gasteiger partial charge in [-0.3, -0.25) is 9.78 Å². The zero-order chi connectivity index (χ0) is 13.1. The Labute approximate surface area is 112 Å². The second-order valence-corrected chi connectivity index (χ2v) is 5.13. The summed E-state index contributed by atoms with van der Waals surface area (Å²) in [4.78, 5) is 18.8. The Morgan fingerprint density at radius 1 is 1.39 bits per heavy atom. The number of Topliss-reactive ketones (excluding diaryl/α,β-unsaturated/α-hetero) is 1. The number of fused-ring (bicyclic) bond motifs is 1. The van der Waals surface area contributed by atoms with Gasteiger partial charge in [0.2, 0.25) is 0 Å². The second kappa shape index (κ2) is 5.50. The van der Waals surface area contributed by atoms with Crippen molar-refractivity contribution < 1.29 is 4.79 Å². The number of benzene rings is 1. The molecule has 1 heterocycles. The van der Waals surface area contributed by atoms with Crippen molar-refractivity contribution in [1.82, 2.24) is 9.88 Å². The summed E-state index contributed by atoms with van der Waals surface area (Å²) >= 11 is 4.36. The summed E-state index contributed by atoms with van der Waals surface area (Å²) in [5, 5.41) is 1.03. The minimum Gasteiger partial charge on any atom is -0.302 e. The molecule has 94 valence electrons. The van der Waals surface area contributed by atoms with Crippen molar-refractivity contribution in [2.24, 2.45) is 0 Å². The first-order chi connectivity index (χ1) is 8.56. The van der Waals surface area contributed by atoms with Gasteiger partial charge in [-0.2, -0.15) is 0 Å². The van der Waals surface area contributed by atoms with Crippen LogP contribution in [0.3, 0.4) is 0 Å². The molecule has 0 saturated carbocycles. The van der Waals surface area contributed by atoms with Crippen LogP contribution >= 0.6 is 12.6 Å². The van der Waals surface area contributed by atoms with E-state index in [1.165, 1.54) is 0 Å². The summed E-state index contributed by atoms with van der Waals surface area (Å²) in [6.45, 7) is 0.463. The van der Waals surface area contributed by atoms with Gasteiger partial charge in [-0.05, 0) is 31.8 Å². The average Bonchev–Trinajstić information content (AvgIpc) is 2.27. The van der Waals surface area contributed by atoms with Gasteiger partial charge in [0.1, 0.15) is 0 Å². The highest BCUT2D eigenvalue weighted by Crippen LogP contribution is 2.20. The normalized spacial score (nSPS) is 11.1. The fourth-order valence-electron chi connectivity index (χ4n) is 1.92. The number of hydrogen-bond acceptors (Lipinski definition) is 4. The molecule has 18 heavy (non-hydrogen) atoms. The van der Waals surface area contributed by atoms with E-state index in [1.807, 2.05) is 43.3 Å². The average molecular weight is 260 g/mol. The first kappa shape index (κ1) is 13.1. The van der Waals surface area contributed by atoms with Gasteiger partial charge in [-0.15, -0.1) is 12.6 Å². The molecule has 0 unspecified atom stereocenters. The van der Waals surface area contributed by atoms with Crippen LogP contribution in [0.5, 0.6) is 0 Å². The summed E-state index contributed by atoms with van der Waals surface area (Å²) in [7, 11) is 3.79. The van der Waals surface area contributed by atoms with Crippen LogP contribution in [0.2, 0.25) is 0 Å². The molecule has 0 aliphatic carbocycles. The van der Waals surface area contributed by atoms with Crippen molar-refractivity contribution in [2.75, 3.05) is 20.6 Å². The fourth-order valence-corrected chi connectivity index (χ4v) is 2.20. The van der Waals surface area contributed by atoms with Crippen LogP contribution in [0.1, 0.15) is 5.56 Å². The summed E-state index contributed by atoms with van der Waals surface area (Å²) in [5.41, 5.74) is 1.83. The van der Waals surface area contributed by atoms with Gasteiger partial charge in [0.15, 0.2) is 5.78 Å². The van der Waals surface area contributed by atoms with Crippen LogP contribution < -0.4 is 0 Å². The van der Waals surface area contributed by atoms with Crippen molar-refractivity contribution in [2.45, 2.75) is 11.3 Å². The maximum atomic E-state index is 11.7. The molecule has 0 amide bonds. The van der Waals surface area contributed by atoms with E-state index in [0.717, 1.165) is 21.4 Å². The molecular weight excluding hydrogens is 244 g/mol. The third-order valence-corrected chi connectivity index (χ3v) is 3.00. The zero-order valence-corrected chi connectivity index (χ0v) is 11.4. The topological polar surface area (TPSA) is 33.2 Å².